The van der Waals surface area contributed by atoms with Crippen LogP contribution in [0.15, 0.2) is 36.4 Å². The van der Waals surface area contributed by atoms with Crippen molar-refractivity contribution in [2.24, 2.45) is 5.92 Å². The maximum Gasteiger partial charge on any atom is 0.125 e. The minimum absolute atomic E-state index is 0.216. The smallest absolute Gasteiger partial charge is 0.125 e. The number of halogens is 2. The van der Waals surface area contributed by atoms with Gasteiger partial charge in [0.25, 0.3) is 0 Å². The Morgan fingerprint density at radius 1 is 1.11 bits per heavy atom. The normalized spacial score (nSPS) is 16.7. The number of likely N-dealkylation sites (tertiary alicyclic amines) is 1. The summed E-state index contributed by atoms with van der Waals surface area (Å²) in [7, 11) is 1.00. The molecule has 2 fully saturated rings. The quantitative estimate of drug-likeness (QED) is 0.658. The molecule has 4 nitrogen and oxygen atoms in total. The number of ether oxygens (including phenoxy) is 1. The summed E-state index contributed by atoms with van der Waals surface area (Å²) < 4.78 is 5.98. The Hall–Kier alpha value is -1.59. The molecule has 0 aromatic heterocycles. The van der Waals surface area contributed by atoms with Crippen molar-refractivity contribution >= 4 is 29.5 Å². The van der Waals surface area contributed by atoms with Gasteiger partial charge < -0.3 is 14.6 Å². The van der Waals surface area contributed by atoms with Gasteiger partial charge in [0.2, 0.25) is 0 Å². The minimum atomic E-state index is 0.216. The van der Waals surface area contributed by atoms with Gasteiger partial charge in [0, 0.05) is 32.7 Å². The SMILES string of the molecule is CO.O=CC1CN(Cc2ccc(OCc3ccc(Cl)c(Cl)c3)cc2C2CC2)C1. The molecule has 0 bridgehead atoms. The fourth-order valence-corrected chi connectivity index (χ4v) is 3.76. The summed E-state index contributed by atoms with van der Waals surface area (Å²) in [6, 6.07) is 12.0. The van der Waals surface area contributed by atoms with E-state index in [1.807, 2.05) is 18.2 Å². The summed E-state index contributed by atoms with van der Waals surface area (Å²) in [5.41, 5.74) is 3.75. The number of carbonyl (C=O) groups is 1. The van der Waals surface area contributed by atoms with E-state index < -0.39 is 0 Å². The zero-order valence-corrected chi connectivity index (χ0v) is 17.4. The fraction of sp³-hybridized carbons (Fsp3) is 0.409. The molecular formula is C22H25Cl2NO3. The van der Waals surface area contributed by atoms with E-state index in [1.54, 1.807) is 6.07 Å². The van der Waals surface area contributed by atoms with Crippen molar-refractivity contribution in [3.8, 4) is 5.75 Å². The molecule has 0 unspecified atom stereocenters. The molecule has 2 aliphatic rings. The van der Waals surface area contributed by atoms with Gasteiger partial charge in [-0.2, -0.15) is 0 Å². The summed E-state index contributed by atoms with van der Waals surface area (Å²) in [5, 5.41) is 8.10. The first-order chi connectivity index (χ1) is 13.6. The molecule has 1 heterocycles. The summed E-state index contributed by atoms with van der Waals surface area (Å²) in [4.78, 5) is 13.1. The Morgan fingerprint density at radius 2 is 1.86 bits per heavy atom. The first-order valence-electron chi connectivity index (χ1n) is 9.44. The van der Waals surface area contributed by atoms with E-state index in [-0.39, 0.29) is 5.92 Å². The zero-order valence-electron chi connectivity index (χ0n) is 15.9. The van der Waals surface area contributed by atoms with Crippen LogP contribution in [0.2, 0.25) is 10.0 Å². The van der Waals surface area contributed by atoms with Crippen molar-refractivity contribution in [3.05, 3.63) is 63.1 Å². The van der Waals surface area contributed by atoms with Crippen LogP contribution in [-0.4, -0.2) is 36.5 Å². The average molecular weight is 422 g/mol. The van der Waals surface area contributed by atoms with Crippen LogP contribution >= 0.6 is 23.2 Å². The predicted molar refractivity (Wildman–Crippen MR) is 112 cm³/mol. The molecule has 2 aromatic carbocycles. The van der Waals surface area contributed by atoms with Crippen molar-refractivity contribution in [2.45, 2.75) is 31.9 Å². The molecule has 6 heteroatoms. The van der Waals surface area contributed by atoms with Gasteiger partial charge in [0.15, 0.2) is 0 Å². The van der Waals surface area contributed by atoms with Gasteiger partial charge >= 0.3 is 0 Å². The lowest BCUT2D eigenvalue weighted by Crippen LogP contribution is -2.46. The van der Waals surface area contributed by atoms with E-state index in [9.17, 15) is 4.79 Å². The Labute approximate surface area is 176 Å². The van der Waals surface area contributed by atoms with Crippen molar-refractivity contribution in [2.75, 3.05) is 20.2 Å². The van der Waals surface area contributed by atoms with Crippen LogP contribution in [0.5, 0.6) is 5.75 Å². The second-order valence-corrected chi connectivity index (χ2v) is 8.08. The monoisotopic (exact) mass is 421 g/mol. The number of aldehydes is 1. The van der Waals surface area contributed by atoms with Crippen molar-refractivity contribution in [1.29, 1.82) is 0 Å². The van der Waals surface area contributed by atoms with Crippen LogP contribution < -0.4 is 4.74 Å². The number of hydrogen-bond acceptors (Lipinski definition) is 4. The Bertz CT molecular complexity index is 817. The molecule has 4 rings (SSSR count). The average Bonchev–Trinajstić information content (AvgIpc) is 3.52. The van der Waals surface area contributed by atoms with Gasteiger partial charge in [-0.15, -0.1) is 0 Å². The molecule has 1 aliphatic heterocycles. The molecule has 1 N–H and O–H groups in total. The van der Waals surface area contributed by atoms with Gasteiger partial charge in [0.1, 0.15) is 18.6 Å². The number of rotatable bonds is 7. The largest absolute Gasteiger partial charge is 0.489 e. The van der Waals surface area contributed by atoms with Gasteiger partial charge in [-0.25, -0.2) is 0 Å². The Kier molecular flexibility index (Phi) is 7.36. The topological polar surface area (TPSA) is 49.8 Å². The van der Waals surface area contributed by atoms with Crippen LogP contribution in [0, 0.1) is 5.92 Å². The third-order valence-electron chi connectivity index (χ3n) is 5.10. The van der Waals surface area contributed by atoms with E-state index in [2.05, 4.69) is 17.0 Å². The van der Waals surface area contributed by atoms with Crippen LogP contribution in [0.25, 0.3) is 0 Å². The maximum atomic E-state index is 10.8. The molecule has 28 heavy (non-hydrogen) atoms. The van der Waals surface area contributed by atoms with Crippen molar-refractivity contribution in [1.82, 2.24) is 4.90 Å². The second-order valence-electron chi connectivity index (χ2n) is 7.26. The highest BCUT2D eigenvalue weighted by Crippen LogP contribution is 2.43. The number of nitrogens with zero attached hydrogens (tertiary/aromatic N) is 1. The molecule has 0 radical (unpaired) electrons. The predicted octanol–water partition coefficient (Wildman–Crippen LogP) is 4.69. The summed E-state index contributed by atoms with van der Waals surface area (Å²) >= 11 is 12.0. The number of aliphatic hydroxyl groups is 1. The Morgan fingerprint density at radius 3 is 2.50 bits per heavy atom. The molecule has 150 valence electrons. The zero-order chi connectivity index (χ0) is 20.1. The fourth-order valence-electron chi connectivity index (χ4n) is 3.44. The molecular weight excluding hydrogens is 397 g/mol. The molecule has 0 atom stereocenters. The summed E-state index contributed by atoms with van der Waals surface area (Å²) in [6.07, 6.45) is 3.57. The maximum absolute atomic E-state index is 10.8. The molecule has 1 aliphatic carbocycles. The van der Waals surface area contributed by atoms with Crippen LogP contribution in [0.1, 0.15) is 35.4 Å². The van der Waals surface area contributed by atoms with E-state index in [4.69, 9.17) is 33.0 Å². The third-order valence-corrected chi connectivity index (χ3v) is 5.83. The number of carbonyl (C=O) groups excluding carboxylic acids is 1. The summed E-state index contributed by atoms with van der Waals surface area (Å²) in [6.45, 7) is 3.14. The minimum Gasteiger partial charge on any atom is -0.489 e. The van der Waals surface area contributed by atoms with Gasteiger partial charge in [-0.1, -0.05) is 35.3 Å². The highest BCUT2D eigenvalue weighted by Gasteiger charge is 2.30. The van der Waals surface area contributed by atoms with Crippen molar-refractivity contribution < 1.29 is 14.6 Å². The van der Waals surface area contributed by atoms with Crippen LogP contribution in [0.3, 0.4) is 0 Å². The molecule has 1 saturated heterocycles. The molecule has 2 aromatic rings. The highest BCUT2D eigenvalue weighted by molar-refractivity contribution is 6.42. The molecule has 0 spiro atoms. The summed E-state index contributed by atoms with van der Waals surface area (Å²) in [5.74, 6) is 1.76. The lowest BCUT2D eigenvalue weighted by Gasteiger charge is -2.36. The third kappa shape index (κ3) is 5.26. The van der Waals surface area contributed by atoms with E-state index in [1.165, 1.54) is 24.0 Å². The van der Waals surface area contributed by atoms with Gasteiger partial charge in [-0.3, -0.25) is 4.90 Å². The number of aliphatic hydroxyl groups excluding tert-OH is 1. The van der Waals surface area contributed by atoms with E-state index in [0.29, 0.717) is 22.6 Å². The van der Waals surface area contributed by atoms with Crippen LogP contribution in [0.4, 0.5) is 0 Å². The second kappa shape index (κ2) is 9.75. The van der Waals surface area contributed by atoms with Gasteiger partial charge in [0.05, 0.1) is 10.0 Å². The Balaban J connectivity index is 0.00000109. The van der Waals surface area contributed by atoms with Crippen LogP contribution in [-0.2, 0) is 17.9 Å². The number of hydrogen-bond donors (Lipinski definition) is 1. The first kappa shape index (κ1) is 21.1. The first-order valence-corrected chi connectivity index (χ1v) is 10.2. The van der Waals surface area contributed by atoms with E-state index in [0.717, 1.165) is 44.3 Å². The highest BCUT2D eigenvalue weighted by atomic mass is 35.5. The standard InChI is InChI=1S/C21H21Cl2NO2.CH4O/c22-20-6-1-14(7-21(20)23)13-26-18-5-4-17(19(8-18)16-2-3-16)11-24-9-15(10-24)12-25;1-2/h1,4-8,12,15-16H,2-3,9-11,13H2;2H,1H3. The van der Waals surface area contributed by atoms with Gasteiger partial charge in [-0.05, 0) is 59.7 Å². The molecule has 1 saturated carbocycles. The lowest BCUT2D eigenvalue weighted by atomic mass is 9.97. The number of benzene rings is 2. The van der Waals surface area contributed by atoms with Crippen molar-refractivity contribution in [3.63, 3.8) is 0 Å². The molecule has 0 amide bonds. The van der Waals surface area contributed by atoms with E-state index >= 15 is 0 Å². The lowest BCUT2D eigenvalue weighted by molar-refractivity contribution is -0.115.